The molecule has 35 heavy (non-hydrogen) atoms. The number of aryl methyl sites for hydroxylation is 2. The van der Waals surface area contributed by atoms with Gasteiger partial charge in [0.1, 0.15) is 18.4 Å². The lowest BCUT2D eigenvalue weighted by molar-refractivity contribution is -0.660. The molecule has 0 aliphatic carbocycles. The first-order chi connectivity index (χ1) is 17.1. The van der Waals surface area contributed by atoms with Gasteiger partial charge in [-0.15, -0.1) is 0 Å². The van der Waals surface area contributed by atoms with Crippen molar-refractivity contribution in [3.05, 3.63) is 115 Å². The fraction of sp³-hybridized carbons (Fsp3) is 0.0645. The molecule has 4 aromatic carbocycles. The number of aromatic nitrogens is 1. The number of ether oxygens (including phenoxy) is 1. The largest absolute Gasteiger partial charge is 0.451 e. The van der Waals surface area contributed by atoms with Crippen molar-refractivity contribution in [2.75, 3.05) is 0 Å². The lowest BCUT2D eigenvalue weighted by Gasteiger charge is -2.08. The summed E-state index contributed by atoms with van der Waals surface area (Å²) < 4.78 is 29.6. The third-order valence-corrected chi connectivity index (χ3v) is 6.42. The van der Waals surface area contributed by atoms with Crippen LogP contribution in [0.25, 0.3) is 44.3 Å². The van der Waals surface area contributed by atoms with Crippen molar-refractivity contribution < 1.29 is 18.1 Å². The molecule has 0 amide bonds. The van der Waals surface area contributed by atoms with Crippen molar-refractivity contribution in [3.63, 3.8) is 0 Å². The normalized spacial score (nSPS) is 11.3. The first-order valence-corrected chi connectivity index (χ1v) is 11.5. The molecule has 6 aromatic rings. The van der Waals surface area contributed by atoms with Gasteiger partial charge in [-0.25, -0.2) is 8.96 Å². The molecule has 0 N–H and O–H groups in total. The molecule has 0 saturated carbocycles. The van der Waals surface area contributed by atoms with Crippen LogP contribution in [0.3, 0.4) is 0 Å². The maximum Gasteiger partial charge on any atom is 0.216 e. The molecule has 0 radical (unpaired) electrons. The lowest BCUT2D eigenvalue weighted by atomic mass is 10.0. The number of fused-ring (bicyclic) bond motifs is 3. The van der Waals surface area contributed by atoms with E-state index in [1.165, 1.54) is 6.07 Å². The van der Waals surface area contributed by atoms with E-state index in [0.717, 1.165) is 44.3 Å². The van der Waals surface area contributed by atoms with Crippen LogP contribution in [0.4, 0.5) is 4.39 Å². The predicted molar refractivity (Wildman–Crippen MR) is 137 cm³/mol. The highest BCUT2D eigenvalue weighted by molar-refractivity contribution is 6.11. The third-order valence-electron chi connectivity index (χ3n) is 6.42. The van der Waals surface area contributed by atoms with E-state index in [1.54, 1.807) is 6.07 Å². The maximum atomic E-state index is 15.1. The van der Waals surface area contributed by atoms with Crippen LogP contribution in [-0.4, -0.2) is 0 Å². The van der Waals surface area contributed by atoms with Crippen LogP contribution in [0.1, 0.15) is 5.56 Å². The highest BCUT2D eigenvalue weighted by Gasteiger charge is 2.23. The van der Waals surface area contributed by atoms with Crippen molar-refractivity contribution in [2.45, 2.75) is 6.92 Å². The fourth-order valence-corrected chi connectivity index (χ4v) is 4.61. The Morgan fingerprint density at radius 2 is 1.40 bits per heavy atom. The highest BCUT2D eigenvalue weighted by atomic mass is 19.1. The fourth-order valence-electron chi connectivity index (χ4n) is 4.61. The minimum atomic E-state index is -0.466. The Hall–Kier alpha value is -4.44. The van der Waals surface area contributed by atoms with Gasteiger partial charge in [0.15, 0.2) is 17.6 Å². The predicted octanol–water partition coefficient (Wildman–Crippen LogP) is 7.98. The molecular weight excluding hydrogens is 437 g/mol. The molecule has 0 aliphatic heterocycles. The van der Waals surface area contributed by atoms with Gasteiger partial charge in [-0.3, -0.25) is 0 Å². The third kappa shape index (κ3) is 3.64. The number of benzene rings is 4. The van der Waals surface area contributed by atoms with Gasteiger partial charge >= 0.3 is 0 Å². The van der Waals surface area contributed by atoms with E-state index in [2.05, 4.69) is 35.8 Å². The van der Waals surface area contributed by atoms with Crippen molar-refractivity contribution in [3.8, 4) is 33.9 Å². The number of furan rings is 1. The Kier molecular flexibility index (Phi) is 5.07. The van der Waals surface area contributed by atoms with Gasteiger partial charge in [0.25, 0.3) is 0 Å². The smallest absolute Gasteiger partial charge is 0.216 e. The Morgan fingerprint density at radius 1 is 0.714 bits per heavy atom. The van der Waals surface area contributed by atoms with Gasteiger partial charge in [-0.1, -0.05) is 54.6 Å². The van der Waals surface area contributed by atoms with E-state index in [-0.39, 0.29) is 5.75 Å². The maximum absolute atomic E-state index is 15.1. The monoisotopic (exact) mass is 460 g/mol. The van der Waals surface area contributed by atoms with Crippen LogP contribution >= 0.6 is 0 Å². The Morgan fingerprint density at radius 3 is 2.17 bits per heavy atom. The molecule has 3 nitrogen and oxygen atoms in total. The Bertz CT molecular complexity index is 1690. The molecule has 6 rings (SSSR count). The van der Waals surface area contributed by atoms with E-state index >= 15 is 4.39 Å². The Labute approximate surface area is 202 Å². The molecule has 4 heteroatoms. The van der Waals surface area contributed by atoms with Gasteiger partial charge in [-0.2, -0.15) is 0 Å². The average Bonchev–Trinajstić information content (AvgIpc) is 3.26. The molecule has 0 saturated heterocycles. The Balaban J connectivity index is 1.48. The zero-order valence-electron chi connectivity index (χ0n) is 19.5. The lowest BCUT2D eigenvalue weighted by Crippen LogP contribution is -2.30. The highest BCUT2D eigenvalue weighted by Crippen LogP contribution is 2.42. The van der Waals surface area contributed by atoms with Gasteiger partial charge in [-0.05, 0) is 53.9 Å². The SMILES string of the molecule is Cc1ccc2c(oc3c(Oc4ccc(-c5ccccc5)cc4)c(F)ccc32)c1-c1cccc[n+]1C. The summed E-state index contributed by atoms with van der Waals surface area (Å²) in [6.45, 7) is 2.06. The van der Waals surface area contributed by atoms with Crippen LogP contribution in [0, 0.1) is 12.7 Å². The van der Waals surface area contributed by atoms with E-state index < -0.39 is 5.82 Å². The van der Waals surface area contributed by atoms with E-state index in [0.29, 0.717) is 11.3 Å². The van der Waals surface area contributed by atoms with Crippen LogP contribution in [0.2, 0.25) is 0 Å². The summed E-state index contributed by atoms with van der Waals surface area (Å²) in [5.74, 6) is 0.168. The topological polar surface area (TPSA) is 26.2 Å². The number of nitrogens with zero attached hydrogens (tertiary/aromatic N) is 1. The van der Waals surface area contributed by atoms with Gasteiger partial charge in [0, 0.05) is 22.9 Å². The van der Waals surface area contributed by atoms with Crippen LogP contribution < -0.4 is 9.30 Å². The van der Waals surface area contributed by atoms with Crippen molar-refractivity contribution in [1.82, 2.24) is 0 Å². The van der Waals surface area contributed by atoms with E-state index in [9.17, 15) is 0 Å². The summed E-state index contributed by atoms with van der Waals surface area (Å²) >= 11 is 0. The molecule has 0 aliphatic rings. The molecule has 0 atom stereocenters. The van der Waals surface area contributed by atoms with E-state index in [4.69, 9.17) is 9.15 Å². The second kappa shape index (κ2) is 8.41. The first kappa shape index (κ1) is 21.1. The van der Waals surface area contributed by atoms with Crippen LogP contribution in [-0.2, 0) is 7.05 Å². The zero-order chi connectivity index (χ0) is 23.9. The number of rotatable bonds is 4. The number of pyridine rings is 1. The molecular formula is C31H23FNO2+. The number of hydrogen-bond acceptors (Lipinski definition) is 2. The van der Waals surface area contributed by atoms with Crippen molar-refractivity contribution in [2.24, 2.45) is 7.05 Å². The summed E-state index contributed by atoms with van der Waals surface area (Å²) in [4.78, 5) is 0. The first-order valence-electron chi connectivity index (χ1n) is 11.5. The summed E-state index contributed by atoms with van der Waals surface area (Å²) in [5, 5.41) is 1.74. The zero-order valence-corrected chi connectivity index (χ0v) is 19.5. The number of hydrogen-bond donors (Lipinski definition) is 0. The quantitative estimate of drug-likeness (QED) is 0.249. The molecule has 2 aromatic heterocycles. The standard InChI is InChI=1S/C31H23FNO2/c1-20-11-16-24-25-17-18-26(32)31(30(25)35-29(24)28(20)27-10-6-7-19-33(27)2)34-23-14-12-22(13-15-23)21-8-4-3-5-9-21/h3-19H,1-2H3/q+1. The molecule has 0 spiro atoms. The molecule has 0 fully saturated rings. The van der Waals surface area contributed by atoms with Crippen LogP contribution in [0.5, 0.6) is 11.5 Å². The molecule has 0 unspecified atom stereocenters. The minimum absolute atomic E-state index is 0.0900. The van der Waals surface area contributed by atoms with Gasteiger partial charge < -0.3 is 9.15 Å². The summed E-state index contributed by atoms with van der Waals surface area (Å²) in [6.07, 6.45) is 2.00. The second-order valence-corrected chi connectivity index (χ2v) is 8.68. The van der Waals surface area contributed by atoms with Crippen LogP contribution in [0.15, 0.2) is 108 Å². The summed E-state index contributed by atoms with van der Waals surface area (Å²) in [7, 11) is 2.00. The van der Waals surface area contributed by atoms with Gasteiger partial charge in [0.05, 0.1) is 5.56 Å². The second-order valence-electron chi connectivity index (χ2n) is 8.68. The summed E-state index contributed by atoms with van der Waals surface area (Å²) in [6, 6.07) is 31.1. The van der Waals surface area contributed by atoms with Crippen molar-refractivity contribution in [1.29, 1.82) is 0 Å². The molecule has 2 heterocycles. The average molecular weight is 461 g/mol. The van der Waals surface area contributed by atoms with E-state index in [1.807, 2.05) is 73.9 Å². The summed E-state index contributed by atoms with van der Waals surface area (Å²) in [5.41, 5.74) is 6.39. The molecule has 170 valence electrons. The molecule has 0 bridgehead atoms. The van der Waals surface area contributed by atoms with Crippen molar-refractivity contribution >= 4 is 21.9 Å². The van der Waals surface area contributed by atoms with Gasteiger partial charge in [0.2, 0.25) is 11.4 Å². The number of halogens is 1. The minimum Gasteiger partial charge on any atom is -0.451 e.